The molecule has 0 saturated heterocycles. The van der Waals surface area contributed by atoms with E-state index < -0.39 is 5.63 Å². The Hall–Kier alpha value is -3.03. The Labute approximate surface area is 205 Å². The summed E-state index contributed by atoms with van der Waals surface area (Å²) in [6.07, 6.45) is 2.82. The number of thioether (sulfide) groups is 1. The van der Waals surface area contributed by atoms with Gasteiger partial charge < -0.3 is 10.1 Å². The molecule has 0 fully saturated rings. The molecule has 10 heteroatoms. The van der Waals surface area contributed by atoms with E-state index in [1.54, 1.807) is 31.4 Å². The number of fused-ring (bicyclic) bond motifs is 1. The molecule has 0 aliphatic heterocycles. The van der Waals surface area contributed by atoms with Crippen LogP contribution in [-0.2, 0) is 17.6 Å². The number of H-pyrrole nitrogens is 1. The number of nitrogens with one attached hydrogen (secondary N) is 2. The molecule has 1 unspecified atom stereocenters. The molecule has 0 bridgehead atoms. The summed E-state index contributed by atoms with van der Waals surface area (Å²) in [5, 5.41) is 16.1. The third kappa shape index (κ3) is 4.91. The third-order valence-corrected chi connectivity index (χ3v) is 8.33. The number of benzene rings is 1. The number of carbonyl (C=O) groups is 1. The van der Waals surface area contributed by atoms with E-state index in [4.69, 9.17) is 9.26 Å². The SMILES string of the molecule is COc1ccc(-[n+]2[nH]oc(=O)c2SCC(=O)Nc2sc3c(c2C#N)CCC(C(C)(C)C)C3)cc1. The number of carbonyl (C=O) groups excluding carboxylic acids is 1. The molecule has 1 aromatic carbocycles. The fraction of sp³-hybridized carbons (Fsp3) is 0.417. The van der Waals surface area contributed by atoms with Gasteiger partial charge in [-0.05, 0) is 70.0 Å². The molecule has 0 spiro atoms. The van der Waals surface area contributed by atoms with Crippen LogP contribution in [0.3, 0.4) is 0 Å². The molecule has 0 saturated carbocycles. The highest BCUT2D eigenvalue weighted by molar-refractivity contribution is 7.99. The van der Waals surface area contributed by atoms with E-state index in [9.17, 15) is 14.9 Å². The lowest BCUT2D eigenvalue weighted by Gasteiger charge is -2.33. The summed E-state index contributed by atoms with van der Waals surface area (Å²) in [6, 6.07) is 9.36. The van der Waals surface area contributed by atoms with Crippen LogP contribution in [-0.4, -0.2) is 24.0 Å². The van der Waals surface area contributed by atoms with E-state index in [-0.39, 0.29) is 22.1 Å². The zero-order valence-electron chi connectivity index (χ0n) is 19.6. The fourth-order valence-electron chi connectivity index (χ4n) is 4.12. The number of hydrogen-bond acceptors (Lipinski definition) is 7. The van der Waals surface area contributed by atoms with Gasteiger partial charge in [-0.15, -0.1) is 11.3 Å². The number of methoxy groups -OCH3 is 1. The number of nitrogens with zero attached hydrogens (tertiary/aromatic N) is 2. The highest BCUT2D eigenvalue weighted by Gasteiger charge is 2.32. The molecule has 34 heavy (non-hydrogen) atoms. The number of hydrogen-bond donors (Lipinski definition) is 2. The van der Waals surface area contributed by atoms with Gasteiger partial charge in [0.05, 0.1) is 18.4 Å². The molecule has 4 rings (SSSR count). The number of thiophene rings is 1. The number of rotatable bonds is 6. The lowest BCUT2D eigenvalue weighted by atomic mass is 9.72. The lowest BCUT2D eigenvalue weighted by Crippen LogP contribution is -2.36. The first kappa shape index (κ1) is 24.1. The molecule has 3 aromatic rings. The van der Waals surface area contributed by atoms with Crippen molar-refractivity contribution >= 4 is 34.0 Å². The number of nitriles is 1. The molecule has 2 heterocycles. The van der Waals surface area contributed by atoms with Gasteiger partial charge in [-0.1, -0.05) is 20.8 Å². The number of aromatic nitrogens is 2. The number of ether oxygens (including phenoxy) is 1. The van der Waals surface area contributed by atoms with Gasteiger partial charge in [-0.2, -0.15) is 5.26 Å². The molecule has 0 radical (unpaired) electrons. The Kier molecular flexibility index (Phi) is 6.86. The molecule has 1 atom stereocenters. The molecule has 8 nitrogen and oxygen atoms in total. The van der Waals surface area contributed by atoms with Crippen molar-refractivity contribution in [3.05, 3.63) is 50.7 Å². The average Bonchev–Trinajstić information content (AvgIpc) is 3.35. The van der Waals surface area contributed by atoms with Crippen LogP contribution in [0.15, 0.2) is 38.6 Å². The maximum Gasteiger partial charge on any atom is 0.442 e. The Morgan fingerprint density at radius 2 is 2.12 bits per heavy atom. The first-order valence-electron chi connectivity index (χ1n) is 11.0. The minimum atomic E-state index is -0.564. The minimum absolute atomic E-state index is 0.00316. The van der Waals surface area contributed by atoms with Gasteiger partial charge in [-0.3, -0.25) is 9.32 Å². The zero-order valence-corrected chi connectivity index (χ0v) is 21.2. The van der Waals surface area contributed by atoms with Gasteiger partial charge in [0.2, 0.25) is 11.6 Å². The maximum absolute atomic E-state index is 12.8. The highest BCUT2D eigenvalue weighted by Crippen LogP contribution is 2.44. The van der Waals surface area contributed by atoms with Crippen molar-refractivity contribution in [1.82, 2.24) is 5.27 Å². The molecule has 2 aromatic heterocycles. The van der Waals surface area contributed by atoms with Crippen molar-refractivity contribution in [2.24, 2.45) is 11.3 Å². The summed E-state index contributed by atoms with van der Waals surface area (Å²) in [7, 11) is 1.58. The van der Waals surface area contributed by atoms with E-state index in [0.29, 0.717) is 27.9 Å². The van der Waals surface area contributed by atoms with Gasteiger partial charge in [0, 0.05) is 17.0 Å². The number of amides is 1. The largest absolute Gasteiger partial charge is 0.497 e. The quantitative estimate of drug-likeness (QED) is 0.391. The maximum atomic E-state index is 12.8. The van der Waals surface area contributed by atoms with Crippen LogP contribution < -0.4 is 20.4 Å². The monoisotopic (exact) mass is 499 g/mol. The summed E-state index contributed by atoms with van der Waals surface area (Å²) < 4.78 is 11.6. The van der Waals surface area contributed by atoms with Crippen LogP contribution in [0.2, 0.25) is 0 Å². The summed E-state index contributed by atoms with van der Waals surface area (Å²) in [4.78, 5) is 26.2. The van der Waals surface area contributed by atoms with Crippen LogP contribution in [0.25, 0.3) is 5.69 Å². The van der Waals surface area contributed by atoms with E-state index in [1.165, 1.54) is 20.9 Å². The van der Waals surface area contributed by atoms with Crippen molar-refractivity contribution in [2.75, 3.05) is 18.2 Å². The van der Waals surface area contributed by atoms with Crippen LogP contribution in [0, 0.1) is 22.7 Å². The van der Waals surface area contributed by atoms with Crippen molar-refractivity contribution in [2.45, 2.75) is 45.1 Å². The molecule has 1 aliphatic rings. The zero-order chi connectivity index (χ0) is 24.5. The molecular formula is C24H27N4O4S2+. The third-order valence-electron chi connectivity index (χ3n) is 6.13. The Balaban J connectivity index is 1.47. The van der Waals surface area contributed by atoms with E-state index in [0.717, 1.165) is 36.6 Å². The van der Waals surface area contributed by atoms with Crippen LogP contribution in [0.4, 0.5) is 5.00 Å². The second-order valence-electron chi connectivity index (χ2n) is 9.28. The van der Waals surface area contributed by atoms with Crippen LogP contribution in [0.5, 0.6) is 5.75 Å². The van der Waals surface area contributed by atoms with Crippen LogP contribution >= 0.6 is 23.1 Å². The Bertz CT molecular complexity index is 1290. The van der Waals surface area contributed by atoms with Crippen molar-refractivity contribution in [3.63, 3.8) is 0 Å². The summed E-state index contributed by atoms with van der Waals surface area (Å²) in [6.45, 7) is 6.74. The average molecular weight is 500 g/mol. The molecule has 2 N–H and O–H groups in total. The summed E-state index contributed by atoms with van der Waals surface area (Å²) in [5.74, 6) is 0.945. The minimum Gasteiger partial charge on any atom is -0.497 e. The molecule has 1 amide bonds. The predicted octanol–water partition coefficient (Wildman–Crippen LogP) is 4.07. The van der Waals surface area contributed by atoms with Gasteiger partial charge in [0.25, 0.3) is 0 Å². The standard InChI is InChI=1S/C24H26N4O4S2/c1-24(2,3)14-5-10-17-18(12-25)21(34-19(17)11-14)26-20(29)13-33-22-23(30)32-27-28(22)15-6-8-16(31-4)9-7-15/h6-9,14H,5,10-11,13H2,1-4H3,(H-,26,27,29,30)/p+1. The van der Waals surface area contributed by atoms with Gasteiger partial charge in [0.1, 0.15) is 16.8 Å². The topological polar surface area (TPSA) is 112 Å². The lowest BCUT2D eigenvalue weighted by molar-refractivity contribution is -0.704. The first-order chi connectivity index (χ1) is 16.2. The Morgan fingerprint density at radius 3 is 2.76 bits per heavy atom. The summed E-state index contributed by atoms with van der Waals surface area (Å²) >= 11 is 2.57. The number of aromatic amines is 1. The normalized spacial score (nSPS) is 15.4. The van der Waals surface area contributed by atoms with Crippen LogP contribution in [0.1, 0.15) is 43.2 Å². The fourth-order valence-corrected chi connectivity index (χ4v) is 6.18. The highest BCUT2D eigenvalue weighted by atomic mass is 32.2. The molecular weight excluding hydrogens is 472 g/mol. The second kappa shape index (κ2) is 9.68. The van der Waals surface area contributed by atoms with Crippen molar-refractivity contribution in [1.29, 1.82) is 5.26 Å². The number of anilines is 1. The predicted molar refractivity (Wildman–Crippen MR) is 131 cm³/mol. The summed E-state index contributed by atoms with van der Waals surface area (Å²) in [5.41, 5.74) is 1.94. The van der Waals surface area contributed by atoms with E-state index in [1.807, 2.05) is 0 Å². The first-order valence-corrected chi connectivity index (χ1v) is 12.8. The molecule has 178 valence electrons. The van der Waals surface area contributed by atoms with Gasteiger partial charge in [-0.25, -0.2) is 4.79 Å². The van der Waals surface area contributed by atoms with E-state index >= 15 is 0 Å². The second-order valence-corrected chi connectivity index (χ2v) is 11.4. The van der Waals surface area contributed by atoms with Gasteiger partial charge >= 0.3 is 10.7 Å². The van der Waals surface area contributed by atoms with Crippen molar-refractivity contribution < 1.29 is 18.7 Å². The smallest absolute Gasteiger partial charge is 0.442 e. The Morgan fingerprint density at radius 1 is 1.38 bits per heavy atom. The van der Waals surface area contributed by atoms with Crippen molar-refractivity contribution in [3.8, 4) is 17.5 Å². The molecule has 1 aliphatic carbocycles. The van der Waals surface area contributed by atoms with Gasteiger partial charge in [0.15, 0.2) is 0 Å². The van der Waals surface area contributed by atoms with E-state index in [2.05, 4.69) is 37.4 Å².